The van der Waals surface area contributed by atoms with Gasteiger partial charge in [0, 0.05) is 19.0 Å². The number of thiophene rings is 1. The van der Waals surface area contributed by atoms with E-state index >= 15 is 0 Å². The van der Waals surface area contributed by atoms with Crippen LogP contribution in [-0.4, -0.2) is 30.8 Å². The summed E-state index contributed by atoms with van der Waals surface area (Å²) in [5.41, 5.74) is 0.695. The summed E-state index contributed by atoms with van der Waals surface area (Å²) in [6.07, 6.45) is 0. The molecule has 6 nitrogen and oxygen atoms in total. The second-order valence-corrected chi connectivity index (χ2v) is 6.98. The van der Waals surface area contributed by atoms with Crippen LogP contribution in [0.1, 0.15) is 35.1 Å². The van der Waals surface area contributed by atoms with Gasteiger partial charge in [0.15, 0.2) is 0 Å². The number of hydrogen-bond donors (Lipinski definition) is 3. The Morgan fingerprint density at radius 2 is 1.58 bits per heavy atom. The molecule has 26 heavy (non-hydrogen) atoms. The third-order valence-electron chi connectivity index (χ3n) is 3.66. The third-order valence-corrected chi connectivity index (χ3v) is 4.53. The lowest BCUT2D eigenvalue weighted by atomic mass is 10.1. The lowest BCUT2D eigenvalue weighted by Gasteiger charge is -2.19. The zero-order chi connectivity index (χ0) is 18.9. The molecule has 0 aliphatic heterocycles. The molecule has 2 aromatic rings. The van der Waals surface area contributed by atoms with Crippen molar-refractivity contribution in [3.8, 4) is 0 Å². The van der Waals surface area contributed by atoms with Gasteiger partial charge in [-0.15, -0.1) is 11.3 Å². The van der Waals surface area contributed by atoms with Crippen molar-refractivity contribution in [2.24, 2.45) is 5.92 Å². The third kappa shape index (κ3) is 5.70. The maximum atomic E-state index is 12.6. The van der Waals surface area contributed by atoms with E-state index in [-0.39, 0.29) is 30.2 Å². The van der Waals surface area contributed by atoms with Crippen LogP contribution in [-0.2, 0) is 9.59 Å². The van der Waals surface area contributed by atoms with Gasteiger partial charge < -0.3 is 16.0 Å². The molecule has 1 aromatic heterocycles. The maximum Gasteiger partial charge on any atom is 0.262 e. The standard InChI is InChI=1S/C19H23N3O3S/c1-13(2)17(23)20-10-11-21-19(25)16(14-7-4-3-5-8-14)22-18(24)15-9-6-12-26-15/h3-9,12-13,16H,10-11H2,1-2H3,(H,20,23)(H,21,25)(H,22,24). The van der Waals surface area contributed by atoms with Gasteiger partial charge in [0.25, 0.3) is 5.91 Å². The Kier molecular flexibility index (Phi) is 7.35. The Hall–Kier alpha value is -2.67. The van der Waals surface area contributed by atoms with Crippen LogP contribution < -0.4 is 16.0 Å². The van der Waals surface area contributed by atoms with Crippen molar-refractivity contribution < 1.29 is 14.4 Å². The van der Waals surface area contributed by atoms with Crippen LogP contribution in [0.15, 0.2) is 47.8 Å². The number of rotatable bonds is 8. The van der Waals surface area contributed by atoms with Gasteiger partial charge >= 0.3 is 0 Å². The maximum absolute atomic E-state index is 12.6. The second kappa shape index (κ2) is 9.72. The van der Waals surface area contributed by atoms with E-state index in [9.17, 15) is 14.4 Å². The molecule has 3 N–H and O–H groups in total. The number of benzene rings is 1. The number of hydrogen-bond acceptors (Lipinski definition) is 4. The molecular weight excluding hydrogens is 350 g/mol. The van der Waals surface area contributed by atoms with Crippen molar-refractivity contribution >= 4 is 29.1 Å². The highest BCUT2D eigenvalue weighted by Crippen LogP contribution is 2.15. The Balaban J connectivity index is 1.98. The molecule has 0 saturated carbocycles. The number of carbonyl (C=O) groups is 3. The summed E-state index contributed by atoms with van der Waals surface area (Å²) in [6.45, 7) is 4.23. The Morgan fingerprint density at radius 1 is 0.923 bits per heavy atom. The molecule has 1 aromatic carbocycles. The molecule has 0 bridgehead atoms. The summed E-state index contributed by atoms with van der Waals surface area (Å²) < 4.78 is 0. The van der Waals surface area contributed by atoms with Crippen molar-refractivity contribution in [2.75, 3.05) is 13.1 Å². The van der Waals surface area contributed by atoms with E-state index in [4.69, 9.17) is 0 Å². The van der Waals surface area contributed by atoms with E-state index in [1.54, 1.807) is 38.1 Å². The molecular formula is C19H23N3O3S. The summed E-state index contributed by atoms with van der Waals surface area (Å²) in [4.78, 5) is 37.0. The fraction of sp³-hybridized carbons (Fsp3) is 0.316. The first kappa shape index (κ1) is 19.7. The quantitative estimate of drug-likeness (QED) is 0.619. The first-order valence-corrected chi connectivity index (χ1v) is 9.31. The molecule has 0 aliphatic rings. The minimum Gasteiger partial charge on any atom is -0.354 e. The van der Waals surface area contributed by atoms with E-state index in [1.807, 2.05) is 23.6 Å². The molecule has 0 fully saturated rings. The Morgan fingerprint density at radius 3 is 2.15 bits per heavy atom. The van der Waals surface area contributed by atoms with E-state index in [1.165, 1.54) is 11.3 Å². The first-order chi connectivity index (χ1) is 12.5. The van der Waals surface area contributed by atoms with E-state index in [2.05, 4.69) is 16.0 Å². The van der Waals surface area contributed by atoms with E-state index < -0.39 is 6.04 Å². The summed E-state index contributed by atoms with van der Waals surface area (Å²) >= 11 is 1.32. The summed E-state index contributed by atoms with van der Waals surface area (Å²) in [7, 11) is 0. The molecule has 0 saturated heterocycles. The fourth-order valence-electron chi connectivity index (χ4n) is 2.23. The Labute approximate surface area is 157 Å². The highest BCUT2D eigenvalue weighted by atomic mass is 32.1. The fourth-order valence-corrected chi connectivity index (χ4v) is 2.86. The SMILES string of the molecule is CC(C)C(=O)NCCNC(=O)C(NC(=O)c1cccs1)c1ccccc1. The van der Waals surface area contributed by atoms with Crippen molar-refractivity contribution in [2.45, 2.75) is 19.9 Å². The number of nitrogens with one attached hydrogen (secondary N) is 3. The predicted molar refractivity (Wildman–Crippen MR) is 102 cm³/mol. The first-order valence-electron chi connectivity index (χ1n) is 8.43. The molecule has 1 atom stereocenters. The summed E-state index contributed by atoms with van der Waals surface area (Å²) in [5, 5.41) is 10.1. The normalized spacial score (nSPS) is 11.7. The van der Waals surface area contributed by atoms with Gasteiger partial charge in [0.1, 0.15) is 6.04 Å². The van der Waals surface area contributed by atoms with E-state index in [0.29, 0.717) is 17.0 Å². The molecule has 0 radical (unpaired) electrons. The molecule has 138 valence electrons. The lowest BCUT2D eigenvalue weighted by Crippen LogP contribution is -2.43. The van der Waals surface area contributed by atoms with Crippen LogP contribution in [0, 0.1) is 5.92 Å². The van der Waals surface area contributed by atoms with E-state index in [0.717, 1.165) is 0 Å². The molecule has 3 amide bonds. The predicted octanol–water partition coefficient (Wildman–Crippen LogP) is 2.11. The summed E-state index contributed by atoms with van der Waals surface area (Å²) in [6, 6.07) is 11.8. The van der Waals surface area contributed by atoms with Gasteiger partial charge in [0.2, 0.25) is 11.8 Å². The summed E-state index contributed by atoms with van der Waals surface area (Å²) in [5.74, 6) is -0.783. The van der Waals surface area contributed by atoms with Crippen molar-refractivity contribution in [1.82, 2.24) is 16.0 Å². The van der Waals surface area contributed by atoms with Crippen LogP contribution in [0.4, 0.5) is 0 Å². The van der Waals surface area contributed by atoms with Crippen LogP contribution in [0.2, 0.25) is 0 Å². The number of carbonyl (C=O) groups excluding carboxylic acids is 3. The highest BCUT2D eigenvalue weighted by Gasteiger charge is 2.23. The van der Waals surface area contributed by atoms with Gasteiger partial charge in [-0.25, -0.2) is 0 Å². The molecule has 7 heteroatoms. The zero-order valence-corrected chi connectivity index (χ0v) is 15.6. The topological polar surface area (TPSA) is 87.3 Å². The monoisotopic (exact) mass is 373 g/mol. The minimum absolute atomic E-state index is 0.0649. The van der Waals surface area contributed by atoms with Crippen LogP contribution >= 0.6 is 11.3 Å². The van der Waals surface area contributed by atoms with Gasteiger partial charge in [-0.2, -0.15) is 0 Å². The molecule has 2 rings (SSSR count). The largest absolute Gasteiger partial charge is 0.354 e. The lowest BCUT2D eigenvalue weighted by molar-refractivity contribution is -0.125. The average Bonchev–Trinajstić information content (AvgIpc) is 3.18. The van der Waals surface area contributed by atoms with Gasteiger partial charge in [-0.05, 0) is 17.0 Å². The zero-order valence-electron chi connectivity index (χ0n) is 14.8. The van der Waals surface area contributed by atoms with Crippen LogP contribution in [0.25, 0.3) is 0 Å². The molecule has 0 spiro atoms. The van der Waals surface area contributed by atoms with Crippen LogP contribution in [0.5, 0.6) is 0 Å². The highest BCUT2D eigenvalue weighted by molar-refractivity contribution is 7.12. The van der Waals surface area contributed by atoms with Gasteiger partial charge in [-0.1, -0.05) is 50.2 Å². The molecule has 0 aliphatic carbocycles. The average molecular weight is 373 g/mol. The smallest absolute Gasteiger partial charge is 0.262 e. The van der Waals surface area contributed by atoms with Crippen LogP contribution in [0.3, 0.4) is 0 Å². The van der Waals surface area contributed by atoms with Crippen molar-refractivity contribution in [1.29, 1.82) is 0 Å². The van der Waals surface area contributed by atoms with Crippen molar-refractivity contribution in [3.05, 3.63) is 58.3 Å². The van der Waals surface area contributed by atoms with Crippen molar-refractivity contribution in [3.63, 3.8) is 0 Å². The molecule has 1 heterocycles. The number of amides is 3. The van der Waals surface area contributed by atoms with Gasteiger partial charge in [0.05, 0.1) is 4.88 Å². The van der Waals surface area contributed by atoms with Gasteiger partial charge in [-0.3, -0.25) is 14.4 Å². The Bertz CT molecular complexity index is 730. The molecule has 1 unspecified atom stereocenters. The minimum atomic E-state index is -0.799. The second-order valence-electron chi connectivity index (χ2n) is 6.03.